The van der Waals surface area contributed by atoms with Crippen LogP contribution in [0, 0.1) is 28.7 Å². The van der Waals surface area contributed by atoms with Crippen molar-refractivity contribution in [2.45, 2.75) is 13.8 Å². The fraction of sp³-hybridized carbons (Fsp3) is 0.148. The van der Waals surface area contributed by atoms with Gasteiger partial charge in [0.25, 0.3) is 11.8 Å². The molecule has 0 unspecified atom stereocenters. The van der Waals surface area contributed by atoms with Crippen LogP contribution in [0.25, 0.3) is 6.08 Å². The first-order valence-electron chi connectivity index (χ1n) is 10.7. The van der Waals surface area contributed by atoms with Gasteiger partial charge >= 0.3 is 0 Å². The molecule has 0 spiro atoms. The maximum Gasteiger partial charge on any atom is 0.266 e. The van der Waals surface area contributed by atoms with Crippen LogP contribution in [-0.2, 0) is 9.59 Å². The summed E-state index contributed by atoms with van der Waals surface area (Å²) in [6.07, 6.45) is 1.48. The van der Waals surface area contributed by atoms with Gasteiger partial charge < -0.3 is 20.1 Å². The topological polar surface area (TPSA) is 100 Å². The molecule has 3 rings (SSSR count). The van der Waals surface area contributed by atoms with Crippen molar-refractivity contribution in [3.63, 3.8) is 0 Å². The van der Waals surface area contributed by atoms with E-state index in [0.717, 1.165) is 16.8 Å². The zero-order chi connectivity index (χ0) is 25.4. The molecule has 3 aromatic carbocycles. The molecule has 7 nitrogen and oxygen atoms in total. The number of carbonyl (C=O) groups excluding carboxylic acids is 2. The Balaban J connectivity index is 1.74. The van der Waals surface area contributed by atoms with Gasteiger partial charge in [-0.05, 0) is 84.0 Å². The van der Waals surface area contributed by atoms with E-state index in [1.54, 1.807) is 24.3 Å². The second-order valence-electron chi connectivity index (χ2n) is 7.68. The number of para-hydroxylation sites is 1. The Morgan fingerprint density at radius 3 is 2.43 bits per heavy atom. The molecule has 35 heavy (non-hydrogen) atoms. The molecule has 3 aromatic rings. The first-order valence-corrected chi connectivity index (χ1v) is 11.7. The van der Waals surface area contributed by atoms with Crippen molar-refractivity contribution in [2.24, 2.45) is 0 Å². The fourth-order valence-electron chi connectivity index (χ4n) is 3.15. The molecule has 0 atom stereocenters. The molecule has 178 valence electrons. The average Bonchev–Trinajstić information content (AvgIpc) is 2.84. The van der Waals surface area contributed by atoms with E-state index in [4.69, 9.17) is 9.47 Å². The highest BCUT2D eigenvalue weighted by Crippen LogP contribution is 2.34. The molecule has 0 aliphatic rings. The van der Waals surface area contributed by atoms with Gasteiger partial charge in [-0.3, -0.25) is 9.59 Å². The van der Waals surface area contributed by atoms with Gasteiger partial charge in [0.15, 0.2) is 18.1 Å². The van der Waals surface area contributed by atoms with Crippen molar-refractivity contribution in [3.8, 4) is 17.6 Å². The molecule has 2 amide bonds. The highest BCUT2D eigenvalue weighted by molar-refractivity contribution is 14.1. The maximum atomic E-state index is 12.6. The summed E-state index contributed by atoms with van der Waals surface area (Å²) < 4.78 is 11.9. The first kappa shape index (κ1) is 25.8. The normalized spacial score (nSPS) is 10.8. The van der Waals surface area contributed by atoms with E-state index in [1.807, 2.05) is 56.3 Å². The fourth-order valence-corrected chi connectivity index (χ4v) is 3.93. The largest absolute Gasteiger partial charge is 0.493 e. The van der Waals surface area contributed by atoms with Gasteiger partial charge in [-0.1, -0.05) is 35.9 Å². The van der Waals surface area contributed by atoms with Crippen molar-refractivity contribution < 1.29 is 19.1 Å². The molecular formula is C27H24IN3O4. The van der Waals surface area contributed by atoms with Crippen LogP contribution in [0.1, 0.15) is 16.7 Å². The third-order valence-corrected chi connectivity index (χ3v) is 5.81. The number of aryl methyl sites for hydroxylation is 2. The molecule has 2 N–H and O–H groups in total. The number of hydrogen-bond donors (Lipinski definition) is 2. The van der Waals surface area contributed by atoms with Crippen LogP contribution in [0.3, 0.4) is 0 Å². The van der Waals surface area contributed by atoms with Gasteiger partial charge in [-0.15, -0.1) is 0 Å². The minimum atomic E-state index is -0.515. The lowest BCUT2D eigenvalue weighted by Gasteiger charge is -2.14. The van der Waals surface area contributed by atoms with Crippen molar-refractivity contribution in [2.75, 3.05) is 24.4 Å². The summed E-state index contributed by atoms with van der Waals surface area (Å²) in [6, 6.07) is 20.1. The zero-order valence-corrected chi connectivity index (χ0v) is 21.7. The lowest BCUT2D eigenvalue weighted by molar-refractivity contribution is -0.118. The van der Waals surface area contributed by atoms with Gasteiger partial charge in [0.1, 0.15) is 11.6 Å². The van der Waals surface area contributed by atoms with Crippen LogP contribution in [0.5, 0.6) is 11.5 Å². The van der Waals surface area contributed by atoms with Crippen molar-refractivity contribution in [1.29, 1.82) is 5.26 Å². The molecule has 0 saturated carbocycles. The second-order valence-corrected chi connectivity index (χ2v) is 8.84. The summed E-state index contributed by atoms with van der Waals surface area (Å²) in [6.45, 7) is 3.65. The lowest BCUT2D eigenvalue weighted by Crippen LogP contribution is -2.21. The number of ether oxygens (including phenoxy) is 2. The number of nitrogens with one attached hydrogen (secondary N) is 2. The standard InChI is InChI=1S/C27H24IN3O4/c1-17-8-10-21(11-9-17)30-27(33)20(15-29)12-19-13-22(28)26(24(14-19)34-3)35-16-25(32)31-23-7-5-4-6-18(23)2/h4-14H,16H2,1-3H3,(H,30,33)(H,31,32)/b20-12-. The molecule has 0 aliphatic heterocycles. The van der Waals surface area contributed by atoms with Crippen LogP contribution in [0.4, 0.5) is 11.4 Å². The Labute approximate surface area is 217 Å². The number of methoxy groups -OCH3 is 1. The summed E-state index contributed by atoms with van der Waals surface area (Å²) >= 11 is 2.06. The van der Waals surface area contributed by atoms with Crippen LogP contribution in [0.2, 0.25) is 0 Å². The predicted molar refractivity (Wildman–Crippen MR) is 144 cm³/mol. The molecular weight excluding hydrogens is 557 g/mol. The number of amides is 2. The Morgan fingerprint density at radius 1 is 1.06 bits per heavy atom. The van der Waals surface area contributed by atoms with Crippen LogP contribution in [-0.4, -0.2) is 25.5 Å². The number of carbonyl (C=O) groups is 2. The minimum absolute atomic E-state index is 0.0605. The Bertz CT molecular complexity index is 1310. The zero-order valence-electron chi connectivity index (χ0n) is 19.5. The molecule has 0 radical (unpaired) electrons. The Morgan fingerprint density at radius 2 is 1.77 bits per heavy atom. The predicted octanol–water partition coefficient (Wildman–Crippen LogP) is 5.48. The van der Waals surface area contributed by atoms with Crippen molar-refractivity contribution in [1.82, 2.24) is 0 Å². The summed E-state index contributed by atoms with van der Waals surface area (Å²) in [5.74, 6) is -0.0462. The number of nitrogens with zero attached hydrogens (tertiary/aromatic N) is 1. The number of halogens is 1. The lowest BCUT2D eigenvalue weighted by atomic mass is 10.1. The molecule has 0 saturated heterocycles. The van der Waals surface area contributed by atoms with E-state index < -0.39 is 5.91 Å². The van der Waals surface area contributed by atoms with Gasteiger partial charge in [-0.25, -0.2) is 0 Å². The van der Waals surface area contributed by atoms with E-state index >= 15 is 0 Å². The SMILES string of the molecule is COc1cc(/C=C(/C#N)C(=O)Nc2ccc(C)cc2)cc(I)c1OCC(=O)Nc1ccccc1C. The van der Waals surface area contributed by atoms with Crippen LogP contribution < -0.4 is 20.1 Å². The molecule has 0 heterocycles. The highest BCUT2D eigenvalue weighted by atomic mass is 127. The second kappa shape index (κ2) is 12.0. The number of hydrogen-bond acceptors (Lipinski definition) is 5. The Kier molecular flexibility index (Phi) is 8.86. The van der Waals surface area contributed by atoms with Gasteiger partial charge in [0, 0.05) is 11.4 Å². The average molecular weight is 581 g/mol. The van der Waals surface area contributed by atoms with Gasteiger partial charge in [0.2, 0.25) is 0 Å². The molecule has 0 aliphatic carbocycles. The van der Waals surface area contributed by atoms with Crippen LogP contribution >= 0.6 is 22.6 Å². The smallest absolute Gasteiger partial charge is 0.266 e. The molecule has 0 bridgehead atoms. The maximum absolute atomic E-state index is 12.6. The third kappa shape index (κ3) is 7.07. The summed E-state index contributed by atoms with van der Waals surface area (Å²) in [4.78, 5) is 25.0. The van der Waals surface area contributed by atoms with Gasteiger partial charge in [-0.2, -0.15) is 5.26 Å². The van der Waals surface area contributed by atoms with E-state index in [1.165, 1.54) is 13.2 Å². The van der Waals surface area contributed by atoms with Crippen LogP contribution in [0.15, 0.2) is 66.2 Å². The number of benzene rings is 3. The quantitative estimate of drug-likeness (QED) is 0.209. The summed E-state index contributed by atoms with van der Waals surface area (Å²) in [5.41, 5.74) is 3.85. The number of anilines is 2. The minimum Gasteiger partial charge on any atom is -0.493 e. The van der Waals surface area contributed by atoms with Gasteiger partial charge in [0.05, 0.1) is 10.7 Å². The monoisotopic (exact) mass is 581 g/mol. The first-order chi connectivity index (χ1) is 16.8. The van der Waals surface area contributed by atoms with E-state index in [9.17, 15) is 14.9 Å². The number of nitriles is 1. The molecule has 0 aromatic heterocycles. The number of rotatable bonds is 8. The third-order valence-electron chi connectivity index (χ3n) is 5.00. The summed E-state index contributed by atoms with van der Waals surface area (Å²) in [5, 5.41) is 15.1. The van der Waals surface area contributed by atoms with E-state index in [2.05, 4.69) is 33.2 Å². The summed E-state index contributed by atoms with van der Waals surface area (Å²) in [7, 11) is 1.48. The van der Waals surface area contributed by atoms with E-state index in [-0.39, 0.29) is 18.1 Å². The van der Waals surface area contributed by atoms with Crippen molar-refractivity contribution >= 4 is 51.9 Å². The van der Waals surface area contributed by atoms with Crippen molar-refractivity contribution in [3.05, 3.63) is 86.5 Å². The van der Waals surface area contributed by atoms with E-state index in [0.29, 0.717) is 26.3 Å². The molecule has 0 fully saturated rings. The Hall–Kier alpha value is -3.84. The molecule has 8 heteroatoms. The highest BCUT2D eigenvalue weighted by Gasteiger charge is 2.15.